The maximum absolute atomic E-state index is 13.0. The van der Waals surface area contributed by atoms with Gasteiger partial charge in [0.15, 0.2) is 0 Å². The van der Waals surface area contributed by atoms with Crippen molar-refractivity contribution >= 4 is 34.2 Å². The van der Waals surface area contributed by atoms with Gasteiger partial charge >= 0.3 is 0 Å². The van der Waals surface area contributed by atoms with Gasteiger partial charge in [0.2, 0.25) is 5.91 Å². The molecule has 0 unspecified atom stereocenters. The van der Waals surface area contributed by atoms with Crippen molar-refractivity contribution in [2.45, 2.75) is 47.1 Å². The quantitative estimate of drug-likeness (QED) is 0.424. The monoisotopic (exact) mass is 462 g/mol. The standard InChI is InChI=1S/C26H27ClN4O2/c1-15(2)19-9-11-20(12-10-19)28-23(32)14-30-24(33)13-16(3)25-18(5)29-31(26(25)30)22-8-6-7-21(27)17(22)4/h6-13,15H,14H2,1-5H3,(H,28,32). The lowest BCUT2D eigenvalue weighted by atomic mass is 10.0. The Hall–Kier alpha value is -3.38. The summed E-state index contributed by atoms with van der Waals surface area (Å²) in [5.74, 6) is 0.125. The molecular weight excluding hydrogens is 436 g/mol. The number of rotatable bonds is 5. The molecule has 170 valence electrons. The lowest BCUT2D eigenvalue weighted by Gasteiger charge is -2.14. The number of hydrogen-bond donors (Lipinski definition) is 1. The molecule has 4 rings (SSSR count). The molecule has 0 saturated carbocycles. The fraction of sp³-hybridized carbons (Fsp3) is 0.269. The van der Waals surface area contributed by atoms with E-state index in [1.807, 2.05) is 63.2 Å². The average Bonchev–Trinajstić information content (AvgIpc) is 3.10. The van der Waals surface area contributed by atoms with Crippen molar-refractivity contribution in [3.05, 3.63) is 86.3 Å². The number of hydrogen-bond acceptors (Lipinski definition) is 3. The number of aryl methyl sites for hydroxylation is 2. The SMILES string of the molecule is Cc1c(Cl)cccc1-n1nc(C)c2c(C)cc(=O)n(CC(=O)Nc3ccc(C(C)C)cc3)c21. The molecule has 7 heteroatoms. The van der Waals surface area contributed by atoms with E-state index < -0.39 is 0 Å². The second-order valence-corrected chi connectivity index (χ2v) is 9.06. The van der Waals surface area contributed by atoms with Crippen molar-refractivity contribution in [2.24, 2.45) is 0 Å². The van der Waals surface area contributed by atoms with Crippen LogP contribution in [0.5, 0.6) is 0 Å². The molecule has 33 heavy (non-hydrogen) atoms. The number of benzene rings is 2. The van der Waals surface area contributed by atoms with Gasteiger partial charge in [-0.15, -0.1) is 0 Å². The molecule has 0 aliphatic carbocycles. The van der Waals surface area contributed by atoms with Gasteiger partial charge in [0.25, 0.3) is 5.56 Å². The van der Waals surface area contributed by atoms with Gasteiger partial charge in [-0.2, -0.15) is 5.10 Å². The van der Waals surface area contributed by atoms with E-state index in [1.54, 1.807) is 10.7 Å². The number of carbonyl (C=O) groups excluding carboxylic acids is 1. The summed E-state index contributed by atoms with van der Waals surface area (Å²) in [6.07, 6.45) is 0. The molecule has 0 aliphatic heterocycles. The van der Waals surface area contributed by atoms with Crippen LogP contribution < -0.4 is 10.9 Å². The van der Waals surface area contributed by atoms with E-state index in [2.05, 4.69) is 19.2 Å². The maximum atomic E-state index is 13.0. The molecule has 4 aromatic rings. The zero-order chi connectivity index (χ0) is 23.9. The predicted molar refractivity (Wildman–Crippen MR) is 134 cm³/mol. The van der Waals surface area contributed by atoms with Gasteiger partial charge in [-0.1, -0.05) is 43.6 Å². The molecule has 0 aliphatic rings. The number of nitrogens with one attached hydrogen (secondary N) is 1. The fourth-order valence-corrected chi connectivity index (χ4v) is 4.28. The molecule has 0 radical (unpaired) electrons. The third-order valence-electron chi connectivity index (χ3n) is 5.92. The number of amides is 1. The molecule has 6 nitrogen and oxygen atoms in total. The summed E-state index contributed by atoms with van der Waals surface area (Å²) < 4.78 is 3.19. The Morgan fingerprint density at radius 1 is 1.09 bits per heavy atom. The normalized spacial score (nSPS) is 11.4. The Morgan fingerprint density at radius 2 is 1.79 bits per heavy atom. The fourth-order valence-electron chi connectivity index (χ4n) is 4.11. The van der Waals surface area contributed by atoms with E-state index in [0.29, 0.717) is 22.3 Å². The maximum Gasteiger partial charge on any atom is 0.252 e. The lowest BCUT2D eigenvalue weighted by molar-refractivity contribution is -0.116. The first-order valence-electron chi connectivity index (χ1n) is 10.9. The number of halogens is 1. The second-order valence-electron chi connectivity index (χ2n) is 8.66. The van der Waals surface area contributed by atoms with Crippen molar-refractivity contribution < 1.29 is 4.79 Å². The Bertz CT molecular complexity index is 1420. The van der Waals surface area contributed by atoms with Crippen LogP contribution in [0, 0.1) is 20.8 Å². The molecule has 0 atom stereocenters. The number of anilines is 1. The van der Waals surface area contributed by atoms with Gasteiger partial charge in [-0.3, -0.25) is 14.2 Å². The van der Waals surface area contributed by atoms with Crippen molar-refractivity contribution in [2.75, 3.05) is 5.32 Å². The Labute approximate surface area is 197 Å². The summed E-state index contributed by atoms with van der Waals surface area (Å²) in [7, 11) is 0. The third kappa shape index (κ3) is 4.31. The minimum atomic E-state index is -0.284. The third-order valence-corrected chi connectivity index (χ3v) is 6.33. The number of pyridine rings is 1. The van der Waals surface area contributed by atoms with Gasteiger partial charge in [0, 0.05) is 22.2 Å². The average molecular weight is 463 g/mol. The molecule has 0 saturated heterocycles. The van der Waals surface area contributed by atoms with Crippen molar-refractivity contribution in [3.63, 3.8) is 0 Å². The number of nitrogens with zero attached hydrogens (tertiary/aromatic N) is 3. The zero-order valence-electron chi connectivity index (χ0n) is 19.4. The summed E-state index contributed by atoms with van der Waals surface area (Å²) in [4.78, 5) is 26.0. The van der Waals surface area contributed by atoms with Crippen LogP contribution in [-0.2, 0) is 11.3 Å². The number of fused-ring (bicyclic) bond motifs is 1. The molecule has 2 aromatic heterocycles. The van der Waals surface area contributed by atoms with Gasteiger partial charge in [-0.25, -0.2) is 4.68 Å². The van der Waals surface area contributed by atoms with E-state index in [0.717, 1.165) is 27.9 Å². The first kappa shape index (κ1) is 22.8. The summed E-state index contributed by atoms with van der Waals surface area (Å²) >= 11 is 6.36. The van der Waals surface area contributed by atoms with E-state index in [-0.39, 0.29) is 18.0 Å². The van der Waals surface area contributed by atoms with Gasteiger partial charge in [0.05, 0.1) is 11.4 Å². The van der Waals surface area contributed by atoms with E-state index >= 15 is 0 Å². The molecular formula is C26H27ClN4O2. The van der Waals surface area contributed by atoms with Crippen LogP contribution in [0.3, 0.4) is 0 Å². The van der Waals surface area contributed by atoms with Gasteiger partial charge < -0.3 is 5.32 Å². The first-order valence-corrected chi connectivity index (χ1v) is 11.3. The summed E-state index contributed by atoms with van der Waals surface area (Å²) in [6.45, 7) is 9.80. The summed E-state index contributed by atoms with van der Waals surface area (Å²) in [5, 5.41) is 9.07. The first-order chi connectivity index (χ1) is 15.7. The lowest BCUT2D eigenvalue weighted by Crippen LogP contribution is -2.29. The smallest absolute Gasteiger partial charge is 0.252 e. The van der Waals surface area contributed by atoms with Crippen molar-refractivity contribution in [3.8, 4) is 5.69 Å². The van der Waals surface area contributed by atoms with E-state index in [1.165, 1.54) is 10.1 Å². The van der Waals surface area contributed by atoms with Crippen LogP contribution in [-0.4, -0.2) is 20.3 Å². The summed E-state index contributed by atoms with van der Waals surface area (Å²) in [6, 6.07) is 14.9. The predicted octanol–water partition coefficient (Wildman–Crippen LogP) is 5.53. The molecule has 2 aromatic carbocycles. The highest BCUT2D eigenvalue weighted by molar-refractivity contribution is 6.31. The number of aromatic nitrogens is 3. The van der Waals surface area contributed by atoms with Crippen molar-refractivity contribution in [1.82, 2.24) is 14.3 Å². The molecule has 0 bridgehead atoms. The second kappa shape index (κ2) is 8.87. The van der Waals surface area contributed by atoms with Crippen LogP contribution in [0.15, 0.2) is 53.3 Å². The Morgan fingerprint density at radius 3 is 2.45 bits per heavy atom. The van der Waals surface area contributed by atoms with Gasteiger partial charge in [-0.05, 0) is 67.6 Å². The van der Waals surface area contributed by atoms with Crippen LogP contribution in [0.4, 0.5) is 5.69 Å². The largest absolute Gasteiger partial charge is 0.325 e. The molecule has 1 amide bonds. The highest BCUT2D eigenvalue weighted by Crippen LogP contribution is 2.28. The van der Waals surface area contributed by atoms with E-state index in [4.69, 9.17) is 16.7 Å². The Kier molecular flexibility index (Phi) is 6.13. The van der Waals surface area contributed by atoms with Crippen LogP contribution >= 0.6 is 11.6 Å². The molecule has 1 N–H and O–H groups in total. The Balaban J connectivity index is 1.78. The minimum Gasteiger partial charge on any atom is -0.325 e. The molecule has 2 heterocycles. The summed E-state index contributed by atoms with van der Waals surface area (Å²) in [5.41, 5.74) is 5.42. The molecule has 0 spiro atoms. The van der Waals surface area contributed by atoms with Crippen LogP contribution in [0.1, 0.15) is 42.1 Å². The highest BCUT2D eigenvalue weighted by Gasteiger charge is 2.20. The highest BCUT2D eigenvalue weighted by atomic mass is 35.5. The minimum absolute atomic E-state index is 0.133. The zero-order valence-corrected chi connectivity index (χ0v) is 20.2. The van der Waals surface area contributed by atoms with Crippen LogP contribution in [0.2, 0.25) is 5.02 Å². The van der Waals surface area contributed by atoms with E-state index in [9.17, 15) is 9.59 Å². The van der Waals surface area contributed by atoms with Gasteiger partial charge in [0.1, 0.15) is 12.2 Å². The van der Waals surface area contributed by atoms with Crippen LogP contribution in [0.25, 0.3) is 16.7 Å². The molecule has 0 fully saturated rings. The topological polar surface area (TPSA) is 68.9 Å². The number of carbonyl (C=O) groups is 1. The van der Waals surface area contributed by atoms with Crippen molar-refractivity contribution in [1.29, 1.82) is 0 Å².